The largest absolute Gasteiger partial charge is 0.436 e. The van der Waals surface area contributed by atoms with E-state index in [0.717, 1.165) is 51.8 Å². The number of benzene rings is 2. The third-order valence-electron chi connectivity index (χ3n) is 9.60. The summed E-state index contributed by atoms with van der Waals surface area (Å²) in [5.74, 6) is 0.120. The van der Waals surface area contributed by atoms with Crippen molar-refractivity contribution in [2.75, 3.05) is 26.2 Å². The maximum Gasteiger partial charge on any atom is 0.410 e. The number of nitrogens with zero attached hydrogens (tertiary/aromatic N) is 5. The zero-order chi connectivity index (χ0) is 32.3. The SMILES string of the molecule is Cc1cc(CC(OC(=O)N2CCC(n3cc(-c4ccccc4)[nH]c3=O)CC2)C(=O)N2CCC(c3ccccn3)CC2)cc2cn[nH]c12. The molecule has 0 bridgehead atoms. The van der Waals surface area contributed by atoms with Gasteiger partial charge in [0.15, 0.2) is 6.10 Å². The number of aryl methyl sites for hydroxylation is 1. The molecule has 2 saturated heterocycles. The number of carbonyl (C=O) groups is 2. The lowest BCUT2D eigenvalue weighted by Gasteiger charge is -2.35. The van der Waals surface area contributed by atoms with Gasteiger partial charge in [0, 0.05) is 68.0 Å². The minimum Gasteiger partial charge on any atom is -0.436 e. The second-order valence-electron chi connectivity index (χ2n) is 12.6. The molecule has 1 atom stereocenters. The Morgan fingerprint density at radius 1 is 0.957 bits per heavy atom. The molecular formula is C36H39N7O4. The first-order valence-corrected chi connectivity index (χ1v) is 16.4. The number of ether oxygens (including phenoxy) is 1. The maximum absolute atomic E-state index is 14.0. The molecule has 242 valence electrons. The summed E-state index contributed by atoms with van der Waals surface area (Å²) in [4.78, 5) is 51.4. The number of pyridine rings is 1. The number of fused-ring (bicyclic) bond motifs is 1. The van der Waals surface area contributed by atoms with Crippen LogP contribution in [0.1, 0.15) is 54.5 Å². The van der Waals surface area contributed by atoms with Crippen molar-refractivity contribution < 1.29 is 14.3 Å². The fourth-order valence-corrected chi connectivity index (χ4v) is 7.01. The van der Waals surface area contributed by atoms with Crippen molar-refractivity contribution in [1.29, 1.82) is 0 Å². The van der Waals surface area contributed by atoms with E-state index in [9.17, 15) is 14.4 Å². The van der Waals surface area contributed by atoms with E-state index in [0.29, 0.717) is 44.9 Å². The molecule has 3 aromatic heterocycles. The van der Waals surface area contributed by atoms with E-state index in [-0.39, 0.29) is 24.1 Å². The molecule has 0 spiro atoms. The predicted octanol–water partition coefficient (Wildman–Crippen LogP) is 5.21. The van der Waals surface area contributed by atoms with Crippen molar-refractivity contribution in [3.05, 3.63) is 107 Å². The molecule has 2 N–H and O–H groups in total. The van der Waals surface area contributed by atoms with Crippen molar-refractivity contribution in [3.8, 4) is 11.3 Å². The van der Waals surface area contributed by atoms with Crippen LogP contribution in [0.25, 0.3) is 22.2 Å². The highest BCUT2D eigenvalue weighted by Crippen LogP contribution is 2.29. The average Bonchev–Trinajstić information content (AvgIpc) is 3.76. The Morgan fingerprint density at radius 3 is 2.45 bits per heavy atom. The van der Waals surface area contributed by atoms with Crippen molar-refractivity contribution in [3.63, 3.8) is 0 Å². The Balaban J connectivity index is 1.03. The van der Waals surface area contributed by atoms with E-state index in [2.05, 4.69) is 20.2 Å². The maximum atomic E-state index is 14.0. The van der Waals surface area contributed by atoms with Crippen LogP contribution in [0.2, 0.25) is 0 Å². The van der Waals surface area contributed by atoms with Gasteiger partial charge in [-0.3, -0.25) is 19.4 Å². The molecule has 0 radical (unpaired) electrons. The molecular weight excluding hydrogens is 594 g/mol. The fraction of sp³-hybridized carbons (Fsp3) is 0.361. The minimum absolute atomic E-state index is 0.0391. The van der Waals surface area contributed by atoms with Crippen LogP contribution in [0, 0.1) is 6.92 Å². The first kappa shape index (κ1) is 30.5. The van der Waals surface area contributed by atoms with Gasteiger partial charge in [0.05, 0.1) is 17.4 Å². The number of amides is 2. The number of imidazole rings is 1. The zero-order valence-electron chi connectivity index (χ0n) is 26.5. The third kappa shape index (κ3) is 6.56. The number of nitrogens with one attached hydrogen (secondary N) is 2. The molecule has 2 amide bonds. The molecule has 2 aliphatic heterocycles. The van der Waals surface area contributed by atoms with E-state index in [1.807, 2.05) is 84.9 Å². The van der Waals surface area contributed by atoms with Crippen molar-refractivity contribution in [1.82, 2.24) is 34.5 Å². The van der Waals surface area contributed by atoms with Gasteiger partial charge in [0.25, 0.3) is 5.91 Å². The molecule has 5 heterocycles. The number of likely N-dealkylation sites (tertiary alicyclic amines) is 2. The molecule has 0 saturated carbocycles. The van der Waals surface area contributed by atoms with Gasteiger partial charge in [-0.2, -0.15) is 5.10 Å². The van der Waals surface area contributed by atoms with Crippen LogP contribution in [0.3, 0.4) is 0 Å². The number of rotatable bonds is 7. The third-order valence-corrected chi connectivity index (χ3v) is 9.60. The summed E-state index contributed by atoms with van der Waals surface area (Å²) < 4.78 is 7.80. The van der Waals surface area contributed by atoms with Gasteiger partial charge in [-0.25, -0.2) is 9.59 Å². The summed E-state index contributed by atoms with van der Waals surface area (Å²) >= 11 is 0. The zero-order valence-corrected chi connectivity index (χ0v) is 26.5. The first-order chi connectivity index (χ1) is 22.9. The number of aromatic nitrogens is 5. The molecule has 2 aliphatic rings. The Kier molecular flexibility index (Phi) is 8.60. The molecule has 5 aromatic rings. The summed E-state index contributed by atoms with van der Waals surface area (Å²) in [6, 6.07) is 19.7. The van der Waals surface area contributed by atoms with Crippen LogP contribution in [-0.2, 0) is 16.0 Å². The summed E-state index contributed by atoms with van der Waals surface area (Å²) in [5.41, 5.74) is 5.48. The second-order valence-corrected chi connectivity index (χ2v) is 12.6. The average molecular weight is 634 g/mol. The molecule has 47 heavy (non-hydrogen) atoms. The molecule has 2 fully saturated rings. The highest BCUT2D eigenvalue weighted by Gasteiger charge is 2.34. The Morgan fingerprint density at radius 2 is 1.70 bits per heavy atom. The van der Waals surface area contributed by atoms with Gasteiger partial charge in [-0.1, -0.05) is 42.5 Å². The van der Waals surface area contributed by atoms with Gasteiger partial charge in [0.2, 0.25) is 0 Å². The molecule has 2 aromatic carbocycles. The van der Waals surface area contributed by atoms with Crippen LogP contribution in [0.15, 0.2) is 84.0 Å². The smallest absolute Gasteiger partial charge is 0.410 e. The van der Waals surface area contributed by atoms with Crippen molar-refractivity contribution in [2.45, 2.75) is 57.1 Å². The minimum atomic E-state index is -0.962. The van der Waals surface area contributed by atoms with Crippen LogP contribution in [0.5, 0.6) is 0 Å². The first-order valence-electron chi connectivity index (χ1n) is 16.4. The Labute approximate surface area is 272 Å². The van der Waals surface area contributed by atoms with Gasteiger partial charge >= 0.3 is 11.8 Å². The second kappa shape index (κ2) is 13.3. The summed E-state index contributed by atoms with van der Waals surface area (Å²) in [7, 11) is 0. The van der Waals surface area contributed by atoms with Crippen LogP contribution in [-0.4, -0.2) is 78.8 Å². The fourth-order valence-electron chi connectivity index (χ4n) is 7.01. The molecule has 11 heteroatoms. The number of hydrogen-bond acceptors (Lipinski definition) is 6. The number of carbonyl (C=O) groups excluding carboxylic acids is 2. The summed E-state index contributed by atoms with van der Waals surface area (Å²) in [6.07, 6.45) is 7.07. The lowest BCUT2D eigenvalue weighted by atomic mass is 9.92. The summed E-state index contributed by atoms with van der Waals surface area (Å²) in [5, 5.41) is 8.13. The number of hydrogen-bond donors (Lipinski definition) is 2. The van der Waals surface area contributed by atoms with Gasteiger partial charge in [0.1, 0.15) is 0 Å². The lowest BCUT2D eigenvalue weighted by Crippen LogP contribution is -2.48. The predicted molar refractivity (Wildman–Crippen MR) is 178 cm³/mol. The molecule has 1 unspecified atom stereocenters. The standard InChI is InChI=1S/C36H39N7O4/c1-24-19-25(20-28-22-38-40-33(24)28)21-32(34(44)41-15-10-27(11-16-41)30-9-5-6-14-37-30)47-36(46)42-17-12-29(13-18-42)43-23-31(39-35(43)45)26-7-3-2-4-8-26/h2-9,14,19-20,22-23,27,29,32H,10-13,15-18,21H2,1H3,(H,38,40)(H,39,45). The monoisotopic (exact) mass is 633 g/mol. The van der Waals surface area contributed by atoms with E-state index < -0.39 is 12.2 Å². The van der Waals surface area contributed by atoms with E-state index in [4.69, 9.17) is 4.74 Å². The van der Waals surface area contributed by atoms with E-state index in [1.165, 1.54) is 0 Å². The summed E-state index contributed by atoms with van der Waals surface area (Å²) in [6.45, 7) is 4.01. The topological polar surface area (TPSA) is 129 Å². The molecule has 0 aliphatic carbocycles. The van der Waals surface area contributed by atoms with Crippen LogP contribution >= 0.6 is 0 Å². The van der Waals surface area contributed by atoms with Crippen molar-refractivity contribution in [2.24, 2.45) is 0 Å². The van der Waals surface area contributed by atoms with Gasteiger partial charge in [-0.15, -0.1) is 0 Å². The normalized spacial score (nSPS) is 16.8. The lowest BCUT2D eigenvalue weighted by molar-refractivity contribution is -0.142. The quantitative estimate of drug-likeness (QED) is 0.253. The van der Waals surface area contributed by atoms with Gasteiger partial charge < -0.3 is 19.5 Å². The molecule has 11 nitrogen and oxygen atoms in total. The Hall–Kier alpha value is -5.19. The molecule has 7 rings (SSSR count). The van der Waals surface area contributed by atoms with E-state index >= 15 is 0 Å². The number of aromatic amines is 2. The highest BCUT2D eigenvalue weighted by atomic mass is 16.6. The van der Waals surface area contributed by atoms with Gasteiger partial charge in [-0.05, 0) is 67.5 Å². The Bertz CT molecular complexity index is 1900. The van der Waals surface area contributed by atoms with Crippen LogP contribution < -0.4 is 5.69 Å². The number of H-pyrrole nitrogens is 2. The van der Waals surface area contributed by atoms with Crippen molar-refractivity contribution >= 4 is 22.9 Å². The van der Waals surface area contributed by atoms with Crippen LogP contribution in [0.4, 0.5) is 4.79 Å². The number of piperidine rings is 2. The highest BCUT2D eigenvalue weighted by molar-refractivity contribution is 5.85. The van der Waals surface area contributed by atoms with E-state index in [1.54, 1.807) is 15.7 Å².